The van der Waals surface area contributed by atoms with Crippen LogP contribution in [0, 0.1) is 23.2 Å². The zero-order valence-electron chi connectivity index (χ0n) is 8.88. The number of hydrogen-bond acceptors (Lipinski definition) is 5. The van der Waals surface area contributed by atoms with E-state index < -0.39 is 10.0 Å². The first-order valence-corrected chi connectivity index (χ1v) is 7.65. The fourth-order valence-corrected chi connectivity index (χ4v) is 4.81. The highest BCUT2D eigenvalue weighted by Crippen LogP contribution is 2.42. The Bertz CT molecular complexity index is 577. The zero-order valence-corrected chi connectivity index (χ0v) is 10.5. The first-order valence-electron chi connectivity index (χ1n) is 5.35. The monoisotopic (exact) mass is 269 g/mol. The van der Waals surface area contributed by atoms with E-state index in [9.17, 15) is 8.42 Å². The highest BCUT2D eigenvalue weighted by Gasteiger charge is 2.54. The molecular weight excluding hydrogens is 258 g/mol. The van der Waals surface area contributed by atoms with Gasteiger partial charge in [0.05, 0.1) is 0 Å². The van der Waals surface area contributed by atoms with Crippen molar-refractivity contribution in [2.75, 3.05) is 13.1 Å². The Morgan fingerprint density at radius 2 is 2.12 bits per heavy atom. The number of nitriles is 1. The van der Waals surface area contributed by atoms with Crippen LogP contribution < -0.4 is 10.0 Å². The second kappa shape index (κ2) is 3.78. The van der Waals surface area contributed by atoms with Crippen LogP contribution in [0.4, 0.5) is 0 Å². The van der Waals surface area contributed by atoms with Gasteiger partial charge in [0.2, 0.25) is 10.0 Å². The smallest absolute Gasteiger partial charge is 0.250 e. The van der Waals surface area contributed by atoms with Crippen molar-refractivity contribution in [3.63, 3.8) is 0 Å². The van der Waals surface area contributed by atoms with Crippen molar-refractivity contribution in [2.45, 2.75) is 10.3 Å². The van der Waals surface area contributed by atoms with E-state index in [1.54, 1.807) is 0 Å². The van der Waals surface area contributed by atoms with Crippen LogP contribution in [0.2, 0.25) is 0 Å². The summed E-state index contributed by atoms with van der Waals surface area (Å²) in [6.45, 7) is 1.79. The second-order valence-electron chi connectivity index (χ2n) is 4.36. The quantitative estimate of drug-likeness (QED) is 0.816. The van der Waals surface area contributed by atoms with E-state index in [0.717, 1.165) is 24.4 Å². The summed E-state index contributed by atoms with van der Waals surface area (Å²) in [6, 6.07) is 5.05. The molecule has 5 nitrogen and oxygen atoms in total. The predicted molar refractivity (Wildman–Crippen MR) is 63.0 cm³/mol. The molecule has 90 valence electrons. The average Bonchev–Trinajstić information content (AvgIpc) is 2.83. The van der Waals surface area contributed by atoms with Crippen molar-refractivity contribution >= 4 is 21.4 Å². The molecule has 17 heavy (non-hydrogen) atoms. The van der Waals surface area contributed by atoms with Crippen LogP contribution in [-0.2, 0) is 10.0 Å². The number of piperidine rings is 1. The van der Waals surface area contributed by atoms with Gasteiger partial charge in [0.25, 0.3) is 0 Å². The van der Waals surface area contributed by atoms with Gasteiger partial charge in [-0.15, -0.1) is 11.3 Å². The van der Waals surface area contributed by atoms with Crippen LogP contribution in [0.5, 0.6) is 0 Å². The molecule has 1 saturated heterocycles. The number of rotatable bonds is 3. The van der Waals surface area contributed by atoms with Gasteiger partial charge in [-0.2, -0.15) is 5.26 Å². The minimum atomic E-state index is -3.44. The third-order valence-corrected chi connectivity index (χ3v) is 6.28. The van der Waals surface area contributed by atoms with Gasteiger partial charge in [-0.3, -0.25) is 0 Å². The number of thiophene rings is 1. The van der Waals surface area contributed by atoms with E-state index in [1.165, 1.54) is 12.1 Å². The molecule has 7 heteroatoms. The maximum atomic E-state index is 12.0. The molecule has 3 rings (SSSR count). The van der Waals surface area contributed by atoms with E-state index in [2.05, 4.69) is 10.0 Å². The molecule has 2 heterocycles. The molecule has 1 aliphatic carbocycles. The van der Waals surface area contributed by atoms with Crippen LogP contribution >= 0.6 is 11.3 Å². The van der Waals surface area contributed by atoms with E-state index in [0.29, 0.717) is 16.7 Å². The van der Waals surface area contributed by atoms with Gasteiger partial charge in [-0.05, 0) is 37.1 Å². The summed E-state index contributed by atoms with van der Waals surface area (Å²) < 4.78 is 27.0. The standard InChI is InChI=1S/C10H11N3O2S2/c11-3-6-1-2-9(16-6)17(14,15)13-10-7-4-12-5-8(7)10/h1-2,7-8,10,12-13H,4-5H2. The average molecular weight is 269 g/mol. The molecule has 0 radical (unpaired) electrons. The van der Waals surface area contributed by atoms with Crippen molar-refractivity contribution in [3.8, 4) is 6.07 Å². The molecule has 1 aromatic heterocycles. The highest BCUT2D eigenvalue weighted by atomic mass is 32.2. The van der Waals surface area contributed by atoms with Gasteiger partial charge in [0, 0.05) is 6.04 Å². The SMILES string of the molecule is N#Cc1ccc(S(=O)(=O)NC2C3CNCC32)s1. The first kappa shape index (κ1) is 11.2. The summed E-state index contributed by atoms with van der Waals surface area (Å²) in [7, 11) is -3.44. The number of hydrogen-bond donors (Lipinski definition) is 2. The summed E-state index contributed by atoms with van der Waals surface area (Å²) in [5, 5.41) is 11.9. The Morgan fingerprint density at radius 1 is 1.41 bits per heavy atom. The summed E-state index contributed by atoms with van der Waals surface area (Å²) >= 11 is 1.01. The minimum absolute atomic E-state index is 0.0777. The molecule has 2 N–H and O–H groups in total. The Kier molecular flexibility index (Phi) is 2.48. The molecule has 2 unspecified atom stereocenters. The van der Waals surface area contributed by atoms with Crippen molar-refractivity contribution in [1.82, 2.24) is 10.0 Å². The first-order chi connectivity index (χ1) is 8.12. The molecule has 1 aliphatic heterocycles. The van der Waals surface area contributed by atoms with Gasteiger partial charge in [-0.25, -0.2) is 13.1 Å². The molecule has 1 aromatic rings. The van der Waals surface area contributed by atoms with Gasteiger partial charge < -0.3 is 5.32 Å². The number of nitrogens with zero attached hydrogens (tertiary/aromatic N) is 1. The van der Waals surface area contributed by atoms with Gasteiger partial charge in [0.15, 0.2) is 0 Å². The van der Waals surface area contributed by atoms with Crippen LogP contribution in [-0.4, -0.2) is 27.5 Å². The summed E-state index contributed by atoms with van der Waals surface area (Å²) in [5.74, 6) is 0.889. The lowest BCUT2D eigenvalue weighted by Gasteiger charge is -2.06. The molecular formula is C10H11N3O2S2. The molecule has 0 amide bonds. The summed E-state index contributed by atoms with van der Waals surface area (Å²) in [4.78, 5) is 0.419. The van der Waals surface area contributed by atoms with Crippen molar-refractivity contribution < 1.29 is 8.42 Å². The lowest BCUT2D eigenvalue weighted by atomic mass is 10.4. The Balaban J connectivity index is 1.76. The molecule has 2 aliphatic rings. The topological polar surface area (TPSA) is 82.0 Å². The molecule has 0 spiro atoms. The third kappa shape index (κ3) is 1.87. The second-order valence-corrected chi connectivity index (χ2v) is 7.39. The van der Waals surface area contributed by atoms with E-state index in [1.807, 2.05) is 6.07 Å². The highest BCUT2D eigenvalue weighted by molar-refractivity contribution is 7.91. The molecule has 1 saturated carbocycles. The number of nitrogens with one attached hydrogen (secondary N) is 2. The lowest BCUT2D eigenvalue weighted by Crippen LogP contribution is -2.32. The van der Waals surface area contributed by atoms with Crippen LogP contribution in [0.1, 0.15) is 4.88 Å². The van der Waals surface area contributed by atoms with Crippen molar-refractivity contribution in [3.05, 3.63) is 17.0 Å². The maximum Gasteiger partial charge on any atom is 0.250 e. The Labute approximate surface area is 104 Å². The fourth-order valence-electron chi connectivity index (χ4n) is 2.36. The summed E-state index contributed by atoms with van der Waals surface area (Å²) in [5.41, 5.74) is 0. The van der Waals surface area contributed by atoms with Gasteiger partial charge in [-0.1, -0.05) is 0 Å². The zero-order chi connectivity index (χ0) is 12.0. The van der Waals surface area contributed by atoms with Crippen LogP contribution in [0.3, 0.4) is 0 Å². The minimum Gasteiger partial charge on any atom is -0.316 e. The van der Waals surface area contributed by atoms with Crippen molar-refractivity contribution in [2.24, 2.45) is 11.8 Å². The van der Waals surface area contributed by atoms with E-state index >= 15 is 0 Å². The molecule has 0 aromatic carbocycles. The molecule has 0 bridgehead atoms. The third-order valence-electron chi connectivity index (χ3n) is 3.34. The Morgan fingerprint density at radius 3 is 2.71 bits per heavy atom. The van der Waals surface area contributed by atoms with E-state index in [4.69, 9.17) is 5.26 Å². The largest absolute Gasteiger partial charge is 0.316 e. The van der Waals surface area contributed by atoms with Crippen LogP contribution in [0.15, 0.2) is 16.3 Å². The van der Waals surface area contributed by atoms with Crippen LogP contribution in [0.25, 0.3) is 0 Å². The lowest BCUT2D eigenvalue weighted by molar-refractivity contribution is 0.567. The molecule has 2 fully saturated rings. The number of sulfonamides is 1. The summed E-state index contributed by atoms with van der Waals surface area (Å²) in [6.07, 6.45) is 0. The fraction of sp³-hybridized carbons (Fsp3) is 0.500. The Hall–Kier alpha value is -0.940. The van der Waals surface area contributed by atoms with Gasteiger partial charge in [0.1, 0.15) is 15.2 Å². The van der Waals surface area contributed by atoms with Crippen molar-refractivity contribution in [1.29, 1.82) is 5.26 Å². The predicted octanol–water partition coefficient (Wildman–Crippen LogP) is 0.116. The maximum absolute atomic E-state index is 12.0. The number of fused-ring (bicyclic) bond motifs is 1. The molecule has 2 atom stereocenters. The normalized spacial score (nSPS) is 30.9. The van der Waals surface area contributed by atoms with Gasteiger partial charge >= 0.3 is 0 Å². The van der Waals surface area contributed by atoms with E-state index in [-0.39, 0.29) is 10.3 Å².